The summed E-state index contributed by atoms with van der Waals surface area (Å²) in [6.45, 7) is 1.50. The number of alkyl halides is 3. The van der Waals surface area contributed by atoms with Crippen LogP contribution in [0.1, 0.15) is 5.56 Å². The summed E-state index contributed by atoms with van der Waals surface area (Å²) < 4.78 is 61.8. The average molecular weight is 354 g/mol. The van der Waals surface area contributed by atoms with Gasteiger partial charge in [0.05, 0.1) is 4.47 Å². The molecule has 0 spiro atoms. The Morgan fingerprint density at radius 1 is 1.35 bits per heavy atom. The molecule has 0 atom stereocenters. The number of aryl methyl sites for hydroxylation is 1. The number of rotatable bonds is 2. The van der Waals surface area contributed by atoms with Gasteiger partial charge in [0.15, 0.2) is 5.75 Å². The Morgan fingerprint density at radius 3 is 2.35 bits per heavy atom. The fourth-order valence-corrected chi connectivity index (χ4v) is 2.16. The molecule has 3 nitrogen and oxygen atoms in total. The summed E-state index contributed by atoms with van der Waals surface area (Å²) in [6.07, 6.45) is 0. The SMILES string of the molecule is Cc1cc(OS(=O)(=O)C(F)(F)F)c(Br)cc1Cl. The van der Waals surface area contributed by atoms with E-state index in [1.807, 2.05) is 0 Å². The lowest BCUT2D eigenvalue weighted by atomic mass is 10.2. The molecule has 0 unspecified atom stereocenters. The van der Waals surface area contributed by atoms with Gasteiger partial charge in [0, 0.05) is 5.02 Å². The van der Waals surface area contributed by atoms with Gasteiger partial charge in [-0.2, -0.15) is 21.6 Å². The molecule has 96 valence electrons. The summed E-state index contributed by atoms with van der Waals surface area (Å²) in [6, 6.07) is 2.34. The third-order valence-corrected chi connectivity index (χ3v) is 3.69. The zero-order valence-corrected chi connectivity index (χ0v) is 11.3. The third kappa shape index (κ3) is 3.26. The Balaban J connectivity index is 3.18. The number of hydrogen-bond acceptors (Lipinski definition) is 3. The van der Waals surface area contributed by atoms with Gasteiger partial charge in [-0.05, 0) is 40.5 Å². The molecule has 1 aromatic rings. The van der Waals surface area contributed by atoms with Crippen LogP contribution in [0.25, 0.3) is 0 Å². The van der Waals surface area contributed by atoms with Gasteiger partial charge in [0.1, 0.15) is 0 Å². The quantitative estimate of drug-likeness (QED) is 0.602. The van der Waals surface area contributed by atoms with E-state index in [9.17, 15) is 21.6 Å². The van der Waals surface area contributed by atoms with Crippen molar-refractivity contribution in [2.24, 2.45) is 0 Å². The lowest BCUT2D eigenvalue weighted by Gasteiger charge is -2.11. The minimum Gasteiger partial charge on any atom is -0.375 e. The maximum Gasteiger partial charge on any atom is 0.534 e. The van der Waals surface area contributed by atoms with Crippen molar-refractivity contribution in [3.05, 3.63) is 27.2 Å². The Labute approximate surface area is 109 Å². The lowest BCUT2D eigenvalue weighted by molar-refractivity contribution is -0.0500. The van der Waals surface area contributed by atoms with Crippen molar-refractivity contribution in [2.75, 3.05) is 0 Å². The molecular weight excluding hydrogens is 349 g/mol. The Bertz CT molecular complexity index is 542. The van der Waals surface area contributed by atoms with Gasteiger partial charge in [0.2, 0.25) is 0 Å². The highest BCUT2D eigenvalue weighted by Gasteiger charge is 2.48. The van der Waals surface area contributed by atoms with Crippen molar-refractivity contribution in [3.8, 4) is 5.75 Å². The molecule has 0 saturated carbocycles. The average Bonchev–Trinajstić information content (AvgIpc) is 2.12. The van der Waals surface area contributed by atoms with Crippen LogP contribution in [0.2, 0.25) is 5.02 Å². The molecule has 0 aliphatic rings. The first-order valence-corrected chi connectivity index (χ1v) is 6.59. The van der Waals surface area contributed by atoms with Crippen molar-refractivity contribution in [1.82, 2.24) is 0 Å². The van der Waals surface area contributed by atoms with Crippen LogP contribution >= 0.6 is 27.5 Å². The number of benzene rings is 1. The zero-order chi connectivity index (χ0) is 13.4. The Morgan fingerprint density at radius 2 is 1.88 bits per heavy atom. The summed E-state index contributed by atoms with van der Waals surface area (Å²) in [5, 5.41) is 0.272. The van der Waals surface area contributed by atoms with Gasteiger partial charge in [0.25, 0.3) is 0 Å². The van der Waals surface area contributed by atoms with Gasteiger partial charge in [-0.15, -0.1) is 0 Å². The van der Waals surface area contributed by atoms with E-state index in [1.165, 1.54) is 13.0 Å². The van der Waals surface area contributed by atoms with Gasteiger partial charge in [-0.1, -0.05) is 11.6 Å². The Kier molecular flexibility index (Phi) is 4.00. The monoisotopic (exact) mass is 352 g/mol. The van der Waals surface area contributed by atoms with Crippen LogP contribution < -0.4 is 4.18 Å². The van der Waals surface area contributed by atoms with Crippen molar-refractivity contribution in [1.29, 1.82) is 0 Å². The maximum atomic E-state index is 12.1. The van der Waals surface area contributed by atoms with Crippen molar-refractivity contribution in [2.45, 2.75) is 12.4 Å². The van der Waals surface area contributed by atoms with Crippen molar-refractivity contribution >= 4 is 37.6 Å². The summed E-state index contributed by atoms with van der Waals surface area (Å²) in [5.74, 6) is -0.468. The van der Waals surface area contributed by atoms with Crippen molar-refractivity contribution in [3.63, 3.8) is 0 Å². The molecule has 0 saturated heterocycles. The third-order valence-electron chi connectivity index (χ3n) is 1.70. The molecule has 0 fully saturated rings. The number of hydrogen-bond donors (Lipinski definition) is 0. The first kappa shape index (κ1) is 14.6. The van der Waals surface area contributed by atoms with Crippen molar-refractivity contribution < 1.29 is 25.8 Å². The number of halogens is 5. The standard InChI is InChI=1S/C8H5BrClF3O3S/c1-4-2-7(5(9)3-6(4)10)16-17(14,15)8(11,12)13/h2-3H,1H3. The van der Waals surface area contributed by atoms with Gasteiger partial charge in [-0.25, -0.2) is 0 Å². The normalized spacial score (nSPS) is 12.6. The highest BCUT2D eigenvalue weighted by Crippen LogP contribution is 2.34. The lowest BCUT2D eigenvalue weighted by Crippen LogP contribution is -2.28. The topological polar surface area (TPSA) is 43.4 Å². The molecule has 17 heavy (non-hydrogen) atoms. The summed E-state index contributed by atoms with van der Waals surface area (Å²) in [7, 11) is -5.68. The first-order valence-electron chi connectivity index (χ1n) is 4.01. The second-order valence-electron chi connectivity index (χ2n) is 3.02. The van der Waals surface area contributed by atoms with E-state index in [0.717, 1.165) is 6.07 Å². The van der Waals surface area contributed by atoms with Crippen LogP contribution in [0.15, 0.2) is 16.6 Å². The highest BCUT2D eigenvalue weighted by molar-refractivity contribution is 9.10. The molecule has 0 aliphatic carbocycles. The van der Waals surface area contributed by atoms with E-state index >= 15 is 0 Å². The molecule has 0 heterocycles. The molecule has 0 radical (unpaired) electrons. The smallest absolute Gasteiger partial charge is 0.375 e. The maximum absolute atomic E-state index is 12.1. The fourth-order valence-electron chi connectivity index (χ4n) is 0.860. The molecule has 0 N–H and O–H groups in total. The van der Waals surface area contributed by atoms with E-state index in [-0.39, 0.29) is 9.50 Å². The summed E-state index contributed by atoms with van der Waals surface area (Å²) >= 11 is 8.55. The van der Waals surface area contributed by atoms with Crippen LogP contribution in [-0.2, 0) is 10.1 Å². The van der Waals surface area contributed by atoms with E-state index < -0.39 is 21.4 Å². The van der Waals surface area contributed by atoms with Gasteiger partial charge >= 0.3 is 15.6 Å². The fraction of sp³-hybridized carbons (Fsp3) is 0.250. The molecule has 0 aliphatic heterocycles. The Hall–Kier alpha value is -0.470. The van der Waals surface area contributed by atoms with E-state index in [2.05, 4.69) is 20.1 Å². The molecule has 0 bridgehead atoms. The second kappa shape index (κ2) is 4.66. The second-order valence-corrected chi connectivity index (χ2v) is 5.81. The molecule has 9 heteroatoms. The predicted molar refractivity (Wildman–Crippen MR) is 59.5 cm³/mol. The highest BCUT2D eigenvalue weighted by atomic mass is 79.9. The first-order chi connectivity index (χ1) is 7.54. The van der Waals surface area contributed by atoms with Crippen LogP contribution in [0, 0.1) is 6.92 Å². The van der Waals surface area contributed by atoms with Crippen LogP contribution in [0.5, 0.6) is 5.75 Å². The van der Waals surface area contributed by atoms with E-state index in [4.69, 9.17) is 11.6 Å². The molecule has 0 aromatic heterocycles. The van der Waals surface area contributed by atoms with Gasteiger partial charge in [-0.3, -0.25) is 0 Å². The molecular formula is C8H5BrClF3O3S. The van der Waals surface area contributed by atoms with E-state index in [1.54, 1.807) is 0 Å². The predicted octanol–water partition coefficient (Wildman–Crippen LogP) is 3.64. The van der Waals surface area contributed by atoms with Crippen LogP contribution in [0.3, 0.4) is 0 Å². The molecule has 1 rings (SSSR count). The largest absolute Gasteiger partial charge is 0.534 e. The molecule has 1 aromatic carbocycles. The van der Waals surface area contributed by atoms with Gasteiger partial charge < -0.3 is 4.18 Å². The van der Waals surface area contributed by atoms with Crippen LogP contribution in [0.4, 0.5) is 13.2 Å². The van der Waals surface area contributed by atoms with Crippen LogP contribution in [-0.4, -0.2) is 13.9 Å². The van der Waals surface area contributed by atoms with E-state index in [0.29, 0.717) is 5.56 Å². The zero-order valence-electron chi connectivity index (χ0n) is 8.18. The summed E-state index contributed by atoms with van der Waals surface area (Å²) in [5.41, 5.74) is -5.08. The molecule has 0 amide bonds. The minimum absolute atomic E-state index is 0.0147. The minimum atomic E-state index is -5.68. The summed E-state index contributed by atoms with van der Waals surface area (Å²) in [4.78, 5) is 0.